The minimum atomic E-state index is -2.74. The van der Waals surface area contributed by atoms with Crippen LogP contribution in [0.15, 0.2) is 48.9 Å². The lowest BCUT2D eigenvalue weighted by Gasteiger charge is -2.11. The van der Waals surface area contributed by atoms with Crippen LogP contribution in [0, 0.1) is 13.8 Å². The SMILES string of the molecule is CC(=O)c1ccc(-n2cnc3cc(Nc4ccc(C)nn4)ncc32)nc1-n1nc(C(F)F)cc1C. The molecule has 5 heterocycles. The van der Waals surface area contributed by atoms with E-state index in [0.717, 1.165) is 5.69 Å². The van der Waals surface area contributed by atoms with Gasteiger partial charge >= 0.3 is 0 Å². The molecule has 12 heteroatoms. The monoisotopic (exact) mass is 475 g/mol. The summed E-state index contributed by atoms with van der Waals surface area (Å²) in [6.07, 6.45) is 0.457. The molecule has 0 bridgehead atoms. The number of nitrogens with zero attached hydrogens (tertiary/aromatic N) is 8. The van der Waals surface area contributed by atoms with Gasteiger partial charge in [-0.15, -0.1) is 5.10 Å². The zero-order valence-electron chi connectivity index (χ0n) is 18.9. The lowest BCUT2D eigenvalue weighted by Crippen LogP contribution is -2.11. The quantitative estimate of drug-likeness (QED) is 0.362. The van der Waals surface area contributed by atoms with Crippen molar-refractivity contribution in [3.63, 3.8) is 0 Å². The summed E-state index contributed by atoms with van der Waals surface area (Å²) in [5, 5.41) is 15.1. The highest BCUT2D eigenvalue weighted by atomic mass is 19.3. The Morgan fingerprint density at radius 2 is 1.86 bits per heavy atom. The van der Waals surface area contributed by atoms with Gasteiger partial charge in [-0.2, -0.15) is 10.2 Å². The van der Waals surface area contributed by atoms with Gasteiger partial charge in [-0.3, -0.25) is 9.36 Å². The molecule has 5 aromatic heterocycles. The Balaban J connectivity index is 1.55. The molecule has 0 saturated carbocycles. The summed E-state index contributed by atoms with van der Waals surface area (Å²) in [5.41, 5.74) is 2.39. The molecule has 0 aliphatic rings. The van der Waals surface area contributed by atoms with Crippen LogP contribution < -0.4 is 5.32 Å². The Morgan fingerprint density at radius 1 is 1.03 bits per heavy atom. The predicted molar refractivity (Wildman–Crippen MR) is 124 cm³/mol. The van der Waals surface area contributed by atoms with Gasteiger partial charge in [0.2, 0.25) is 0 Å². The molecule has 0 amide bonds. The number of carbonyl (C=O) groups excluding carboxylic acids is 1. The Bertz CT molecular complexity index is 1560. The molecule has 5 aromatic rings. The first-order valence-electron chi connectivity index (χ1n) is 10.6. The Kier molecular flexibility index (Phi) is 5.47. The Morgan fingerprint density at radius 3 is 2.54 bits per heavy atom. The molecule has 0 atom stereocenters. The van der Waals surface area contributed by atoms with Crippen LogP contribution in [-0.4, -0.2) is 45.3 Å². The second-order valence-electron chi connectivity index (χ2n) is 7.88. The van der Waals surface area contributed by atoms with E-state index in [4.69, 9.17) is 0 Å². The fourth-order valence-corrected chi connectivity index (χ4v) is 3.58. The second-order valence-corrected chi connectivity index (χ2v) is 7.88. The van der Waals surface area contributed by atoms with E-state index in [-0.39, 0.29) is 22.9 Å². The van der Waals surface area contributed by atoms with E-state index < -0.39 is 6.43 Å². The highest BCUT2D eigenvalue weighted by Gasteiger charge is 2.20. The maximum absolute atomic E-state index is 13.2. The van der Waals surface area contributed by atoms with Gasteiger partial charge in [0.1, 0.15) is 23.7 Å². The molecule has 5 rings (SSSR count). The van der Waals surface area contributed by atoms with Crippen LogP contribution in [0.25, 0.3) is 22.7 Å². The number of imidazole rings is 1. The van der Waals surface area contributed by atoms with Crippen molar-refractivity contribution in [1.29, 1.82) is 0 Å². The number of aromatic nitrogens is 8. The van der Waals surface area contributed by atoms with Crippen molar-refractivity contribution >= 4 is 28.5 Å². The number of aryl methyl sites for hydroxylation is 2. The Labute approximate surface area is 197 Å². The lowest BCUT2D eigenvalue weighted by molar-refractivity contribution is 0.101. The summed E-state index contributed by atoms with van der Waals surface area (Å²) in [5.74, 6) is 1.40. The van der Waals surface area contributed by atoms with Crippen molar-refractivity contribution in [3.8, 4) is 11.6 Å². The van der Waals surface area contributed by atoms with E-state index in [2.05, 4.69) is 35.6 Å². The van der Waals surface area contributed by atoms with Crippen LogP contribution in [0.5, 0.6) is 0 Å². The average molecular weight is 475 g/mol. The second kappa shape index (κ2) is 8.63. The Hall–Kier alpha value is -4.61. The van der Waals surface area contributed by atoms with Gasteiger partial charge in [0.25, 0.3) is 6.43 Å². The minimum absolute atomic E-state index is 0.158. The number of hydrogen-bond donors (Lipinski definition) is 1. The highest BCUT2D eigenvalue weighted by Crippen LogP contribution is 2.25. The number of halogens is 2. The number of fused-ring (bicyclic) bond motifs is 1. The molecule has 1 N–H and O–H groups in total. The molecule has 35 heavy (non-hydrogen) atoms. The van der Waals surface area contributed by atoms with E-state index in [9.17, 15) is 13.6 Å². The first-order valence-corrected chi connectivity index (χ1v) is 10.6. The molecule has 0 radical (unpaired) electrons. The maximum Gasteiger partial charge on any atom is 0.282 e. The first kappa shape index (κ1) is 22.2. The molecule has 0 unspecified atom stereocenters. The largest absolute Gasteiger partial charge is 0.323 e. The van der Waals surface area contributed by atoms with Crippen molar-refractivity contribution in [2.45, 2.75) is 27.2 Å². The first-order chi connectivity index (χ1) is 16.8. The standard InChI is InChI=1S/C23H19F2N9O/c1-12-4-6-19(31-30-12)28-20-9-16-18(10-26-20)33(11-27-16)21-7-5-15(14(3)35)23(29-21)34-13(2)8-17(32-34)22(24)25/h4-11,22H,1-3H3,(H,26,28,31). The van der Waals surface area contributed by atoms with Gasteiger partial charge in [0.15, 0.2) is 17.4 Å². The topological polar surface area (TPSA) is 116 Å². The highest BCUT2D eigenvalue weighted by molar-refractivity contribution is 5.97. The van der Waals surface area contributed by atoms with Gasteiger partial charge < -0.3 is 5.32 Å². The van der Waals surface area contributed by atoms with Crippen molar-refractivity contribution in [3.05, 3.63) is 71.6 Å². The maximum atomic E-state index is 13.2. The van der Waals surface area contributed by atoms with Crippen molar-refractivity contribution in [1.82, 2.24) is 39.5 Å². The summed E-state index contributed by atoms with van der Waals surface area (Å²) in [6, 6.07) is 9.90. The van der Waals surface area contributed by atoms with Gasteiger partial charge in [-0.1, -0.05) is 0 Å². The molecule has 0 fully saturated rings. The van der Waals surface area contributed by atoms with Crippen LogP contribution in [0.3, 0.4) is 0 Å². The van der Waals surface area contributed by atoms with Gasteiger partial charge in [0, 0.05) is 11.8 Å². The molecule has 0 aliphatic carbocycles. The number of anilines is 2. The summed E-state index contributed by atoms with van der Waals surface area (Å²) in [4.78, 5) is 25.7. The number of hydrogen-bond acceptors (Lipinski definition) is 8. The van der Waals surface area contributed by atoms with Crippen LogP contribution in [-0.2, 0) is 0 Å². The van der Waals surface area contributed by atoms with E-state index >= 15 is 0 Å². The summed E-state index contributed by atoms with van der Waals surface area (Å²) < 4.78 is 29.4. The van der Waals surface area contributed by atoms with E-state index in [0.29, 0.717) is 34.2 Å². The normalized spacial score (nSPS) is 11.4. The van der Waals surface area contributed by atoms with Gasteiger partial charge in [-0.05, 0) is 51.1 Å². The van der Waals surface area contributed by atoms with Crippen molar-refractivity contribution in [2.24, 2.45) is 0 Å². The number of alkyl halides is 2. The zero-order valence-corrected chi connectivity index (χ0v) is 18.9. The molecule has 0 spiro atoms. The van der Waals surface area contributed by atoms with Crippen LogP contribution in [0.4, 0.5) is 20.4 Å². The number of pyridine rings is 2. The van der Waals surface area contributed by atoms with Crippen LogP contribution >= 0.6 is 0 Å². The van der Waals surface area contributed by atoms with Crippen molar-refractivity contribution in [2.75, 3.05) is 5.32 Å². The number of Topliss-reactive ketones (excluding diaryl/α,β-unsaturated/α-hetero) is 1. The third-order valence-corrected chi connectivity index (χ3v) is 5.30. The third kappa shape index (κ3) is 4.21. The molecule has 176 valence electrons. The number of rotatable bonds is 6. The van der Waals surface area contributed by atoms with Crippen molar-refractivity contribution < 1.29 is 13.6 Å². The zero-order chi connectivity index (χ0) is 24.7. The number of carbonyl (C=O) groups is 1. The van der Waals surface area contributed by atoms with Gasteiger partial charge in [0.05, 0.1) is 28.5 Å². The fourth-order valence-electron chi connectivity index (χ4n) is 3.58. The molecule has 0 saturated heterocycles. The summed E-state index contributed by atoms with van der Waals surface area (Å²) >= 11 is 0. The molecule has 0 aliphatic heterocycles. The fraction of sp³-hybridized carbons (Fsp3) is 0.174. The number of nitrogens with one attached hydrogen (secondary N) is 1. The summed E-state index contributed by atoms with van der Waals surface area (Å²) in [7, 11) is 0. The minimum Gasteiger partial charge on any atom is -0.323 e. The van der Waals surface area contributed by atoms with Gasteiger partial charge in [-0.25, -0.2) is 28.4 Å². The average Bonchev–Trinajstić information content (AvgIpc) is 3.43. The van der Waals surface area contributed by atoms with Crippen LogP contribution in [0.1, 0.15) is 40.8 Å². The molecule has 0 aromatic carbocycles. The molecular formula is C23H19F2N9O. The van der Waals surface area contributed by atoms with E-state index in [1.54, 1.807) is 48.3 Å². The smallest absolute Gasteiger partial charge is 0.282 e. The lowest BCUT2D eigenvalue weighted by atomic mass is 10.2. The van der Waals surface area contributed by atoms with E-state index in [1.165, 1.54) is 17.7 Å². The van der Waals surface area contributed by atoms with E-state index in [1.807, 2.05) is 13.0 Å². The summed E-state index contributed by atoms with van der Waals surface area (Å²) in [6.45, 7) is 4.86. The molecule has 10 nitrogen and oxygen atoms in total. The molecular weight excluding hydrogens is 456 g/mol. The predicted octanol–water partition coefficient (Wildman–Crippen LogP) is 4.29. The third-order valence-electron chi connectivity index (χ3n) is 5.30. The number of ketones is 1. The van der Waals surface area contributed by atoms with Crippen LogP contribution in [0.2, 0.25) is 0 Å².